The summed E-state index contributed by atoms with van der Waals surface area (Å²) in [4.78, 5) is 12.8. The summed E-state index contributed by atoms with van der Waals surface area (Å²) in [5, 5.41) is 0. The molecule has 0 unspecified atom stereocenters. The van der Waals surface area contributed by atoms with E-state index in [0.29, 0.717) is 0 Å². The van der Waals surface area contributed by atoms with Crippen LogP contribution in [0.25, 0.3) is 0 Å². The van der Waals surface area contributed by atoms with Gasteiger partial charge in [-0.25, -0.2) is 0 Å². The summed E-state index contributed by atoms with van der Waals surface area (Å²) in [5.74, 6) is 0. The molecule has 0 aliphatic carbocycles. The van der Waals surface area contributed by atoms with Gasteiger partial charge >= 0.3 is 51.4 Å². The third kappa shape index (κ3) is 3.70. The predicted octanol–water partition coefficient (Wildman–Crippen LogP) is -1.86. The van der Waals surface area contributed by atoms with Crippen LogP contribution in [0.3, 0.4) is 0 Å². The van der Waals surface area contributed by atoms with Crippen molar-refractivity contribution >= 4 is 15.9 Å². The fraction of sp³-hybridized carbons (Fsp3) is 0. The smallest absolute Gasteiger partial charge is 0.328 e. The molecule has 42 valence electrons. The average Bonchev–Trinajstić information content (AvgIpc) is 1.77. The van der Waals surface area contributed by atoms with Gasteiger partial charge in [0.1, 0.15) is 0 Å². The molecule has 4 heteroatoms. The van der Waals surface area contributed by atoms with Crippen LogP contribution in [0.15, 0.2) is 27.6 Å². The van der Waals surface area contributed by atoms with E-state index < -0.39 is 0 Å². The Morgan fingerprint density at radius 2 is 2.11 bits per heavy atom. The van der Waals surface area contributed by atoms with Crippen molar-refractivity contribution in [1.29, 1.82) is 0 Å². The van der Waals surface area contributed by atoms with E-state index in [9.17, 15) is 4.79 Å². The first-order valence-electron chi connectivity index (χ1n) is 2.13. The van der Waals surface area contributed by atoms with Gasteiger partial charge in [-0.15, -0.1) is 0 Å². The van der Waals surface area contributed by atoms with Crippen LogP contribution >= 0.6 is 15.9 Å². The molecule has 0 bridgehead atoms. The van der Waals surface area contributed by atoms with Gasteiger partial charge in [0.2, 0.25) is 5.56 Å². The van der Waals surface area contributed by atoms with E-state index in [0.717, 1.165) is 4.47 Å². The Hall–Kier alpha value is 1.07. The van der Waals surface area contributed by atoms with Crippen LogP contribution < -0.4 is 56.9 Å². The summed E-state index contributed by atoms with van der Waals surface area (Å²) in [6.07, 6.45) is 1.60. The van der Waals surface area contributed by atoms with Gasteiger partial charge < -0.3 is 4.98 Å². The fourth-order valence-corrected chi connectivity index (χ4v) is 0.638. The minimum Gasteiger partial charge on any atom is -0.328 e. The van der Waals surface area contributed by atoms with Gasteiger partial charge in [-0.1, -0.05) is 0 Å². The third-order valence-corrected chi connectivity index (χ3v) is 1.24. The molecule has 0 aliphatic heterocycles. The number of H-pyrrole nitrogens is 1. The van der Waals surface area contributed by atoms with Crippen LogP contribution in [0.1, 0.15) is 0 Å². The number of pyridine rings is 1. The van der Waals surface area contributed by atoms with Gasteiger partial charge in [0.05, 0.1) is 0 Å². The minimum atomic E-state index is -0.0757. The maximum Gasteiger partial charge on any atom is 1.00 e. The molecule has 0 spiro atoms. The van der Waals surface area contributed by atoms with E-state index in [1.165, 1.54) is 6.07 Å². The topological polar surface area (TPSA) is 32.9 Å². The molecule has 0 saturated carbocycles. The van der Waals surface area contributed by atoms with E-state index in [-0.39, 0.29) is 56.9 Å². The van der Waals surface area contributed by atoms with Crippen molar-refractivity contribution in [2.75, 3.05) is 0 Å². The van der Waals surface area contributed by atoms with Crippen molar-refractivity contribution in [2.24, 2.45) is 0 Å². The maximum atomic E-state index is 10.3. The number of rotatable bonds is 0. The summed E-state index contributed by atoms with van der Waals surface area (Å²) < 4.78 is 0.886. The van der Waals surface area contributed by atoms with Gasteiger partial charge in [-0.05, 0) is 22.0 Å². The van der Waals surface area contributed by atoms with Crippen molar-refractivity contribution in [3.05, 3.63) is 33.2 Å². The zero-order valence-electron chi connectivity index (χ0n) is 5.02. The van der Waals surface area contributed by atoms with Gasteiger partial charge in [0.15, 0.2) is 0 Å². The number of hydrogen-bond donors (Lipinski definition) is 1. The number of aromatic amines is 1. The molecule has 1 aromatic heterocycles. The van der Waals surface area contributed by atoms with Gasteiger partial charge in [0, 0.05) is 16.7 Å². The fourth-order valence-electron chi connectivity index (χ4n) is 0.392. The van der Waals surface area contributed by atoms with E-state index in [1.54, 1.807) is 12.3 Å². The molecule has 1 N–H and O–H groups in total. The molecule has 0 saturated heterocycles. The molecular weight excluding hydrogens is 209 g/mol. The Morgan fingerprint density at radius 1 is 1.44 bits per heavy atom. The molecule has 0 radical (unpaired) electrons. The van der Waals surface area contributed by atoms with Crippen LogP contribution in [0, 0.1) is 0 Å². The second-order valence-corrected chi connectivity index (χ2v) is 2.29. The Balaban J connectivity index is 0.000000640. The largest absolute Gasteiger partial charge is 1.00 e. The quantitative estimate of drug-likeness (QED) is 0.504. The van der Waals surface area contributed by atoms with Crippen LogP contribution in [0.4, 0.5) is 0 Å². The van der Waals surface area contributed by atoms with Crippen LogP contribution in [-0.4, -0.2) is 4.98 Å². The summed E-state index contributed by atoms with van der Waals surface area (Å²) in [5.41, 5.74) is -0.0757. The van der Waals surface area contributed by atoms with E-state index in [2.05, 4.69) is 20.9 Å². The SMILES string of the molecule is O=c1ccc(Br)c[nH]1.[K+]. The first-order chi connectivity index (χ1) is 3.79. The zero-order valence-corrected chi connectivity index (χ0v) is 9.73. The summed E-state index contributed by atoms with van der Waals surface area (Å²) in [6, 6.07) is 3.16. The van der Waals surface area contributed by atoms with Crippen LogP contribution in [-0.2, 0) is 0 Å². The Bertz CT molecular complexity index is 214. The van der Waals surface area contributed by atoms with Crippen LogP contribution in [0.5, 0.6) is 0 Å². The summed E-state index contributed by atoms with van der Waals surface area (Å²) in [7, 11) is 0. The second-order valence-electron chi connectivity index (χ2n) is 1.37. The first-order valence-corrected chi connectivity index (χ1v) is 2.92. The maximum absolute atomic E-state index is 10.3. The van der Waals surface area contributed by atoms with Gasteiger partial charge in [-0.2, -0.15) is 0 Å². The van der Waals surface area contributed by atoms with Crippen molar-refractivity contribution < 1.29 is 51.4 Å². The zero-order chi connectivity index (χ0) is 5.98. The van der Waals surface area contributed by atoms with Crippen molar-refractivity contribution in [3.63, 3.8) is 0 Å². The molecule has 9 heavy (non-hydrogen) atoms. The van der Waals surface area contributed by atoms with Crippen LogP contribution in [0.2, 0.25) is 0 Å². The number of aromatic nitrogens is 1. The van der Waals surface area contributed by atoms with Crippen molar-refractivity contribution in [1.82, 2.24) is 4.98 Å². The third-order valence-electron chi connectivity index (χ3n) is 0.746. The number of nitrogens with one attached hydrogen (secondary N) is 1. The Kier molecular flexibility index (Phi) is 5.39. The Morgan fingerprint density at radius 3 is 2.44 bits per heavy atom. The molecule has 0 fully saturated rings. The molecule has 0 aromatic carbocycles. The molecule has 0 atom stereocenters. The molecule has 1 heterocycles. The minimum absolute atomic E-state index is 0. The number of hydrogen-bond acceptors (Lipinski definition) is 1. The molecular formula is C5H4BrKNO+. The monoisotopic (exact) mass is 212 g/mol. The van der Waals surface area contributed by atoms with Gasteiger partial charge in [-0.3, -0.25) is 4.79 Å². The predicted molar refractivity (Wildman–Crippen MR) is 34.8 cm³/mol. The van der Waals surface area contributed by atoms with E-state index in [4.69, 9.17) is 0 Å². The van der Waals surface area contributed by atoms with Crippen molar-refractivity contribution in [2.45, 2.75) is 0 Å². The van der Waals surface area contributed by atoms with E-state index in [1.807, 2.05) is 0 Å². The molecule has 0 aliphatic rings. The molecule has 1 aromatic rings. The normalized spacial score (nSPS) is 8.11. The van der Waals surface area contributed by atoms with E-state index >= 15 is 0 Å². The Labute approximate surface area is 104 Å². The molecule has 0 amide bonds. The number of halogens is 1. The van der Waals surface area contributed by atoms with Crippen molar-refractivity contribution in [3.8, 4) is 0 Å². The standard InChI is InChI=1S/C5H4BrNO.K/c6-4-1-2-5(8)7-3-4;/h1-3H,(H,7,8);/q;+1. The molecule has 1 rings (SSSR count). The summed E-state index contributed by atoms with van der Waals surface area (Å²) >= 11 is 3.18. The average molecular weight is 213 g/mol. The first kappa shape index (κ1) is 10.1. The summed E-state index contributed by atoms with van der Waals surface area (Å²) in [6.45, 7) is 0. The molecule has 2 nitrogen and oxygen atoms in total. The second kappa shape index (κ2) is 4.82. The van der Waals surface area contributed by atoms with Gasteiger partial charge in [0.25, 0.3) is 0 Å².